The Hall–Kier alpha value is -2.19. The molecule has 0 aliphatic carbocycles. The number of ether oxygens (including phenoxy) is 4. The van der Waals surface area contributed by atoms with E-state index in [-0.39, 0.29) is 23.7 Å². The van der Waals surface area contributed by atoms with E-state index in [1.165, 1.54) is 25.3 Å². The number of methoxy groups -OCH3 is 1. The topological polar surface area (TPSA) is 57.2 Å². The summed E-state index contributed by atoms with van der Waals surface area (Å²) in [6, 6.07) is 4.76. The number of hydrogen-bond donors (Lipinski definition) is 0. The number of amides is 1. The highest BCUT2D eigenvalue weighted by Crippen LogP contribution is 2.33. The summed E-state index contributed by atoms with van der Waals surface area (Å²) in [5, 5.41) is 0. The second-order valence-electron chi connectivity index (χ2n) is 6.36. The third kappa shape index (κ3) is 4.95. The van der Waals surface area contributed by atoms with Gasteiger partial charge in [-0.3, -0.25) is 4.79 Å². The monoisotopic (exact) mass is 383 g/mol. The number of halogens is 2. The molecule has 2 fully saturated rings. The maximum Gasteiger partial charge on any atom is 0.387 e. The molecule has 148 valence electrons. The third-order valence-corrected chi connectivity index (χ3v) is 4.73. The predicted octanol–water partition coefficient (Wildman–Crippen LogP) is 2.92. The Balaban J connectivity index is 1.62. The summed E-state index contributed by atoms with van der Waals surface area (Å²) in [4.78, 5) is 14.2. The lowest BCUT2D eigenvalue weighted by molar-refractivity contribution is -0.131. The maximum absolute atomic E-state index is 12.7. The smallest absolute Gasteiger partial charge is 0.387 e. The van der Waals surface area contributed by atoms with Crippen molar-refractivity contribution < 1.29 is 32.5 Å². The summed E-state index contributed by atoms with van der Waals surface area (Å²) in [7, 11) is 1.37. The number of para-hydroxylation sites is 1. The number of carbonyl (C=O) groups is 1. The van der Waals surface area contributed by atoms with Crippen molar-refractivity contribution in [3.05, 3.63) is 29.8 Å². The Labute approximate surface area is 156 Å². The van der Waals surface area contributed by atoms with Crippen LogP contribution >= 0.6 is 0 Å². The molecule has 1 amide bonds. The number of carbonyl (C=O) groups excluding carboxylic acids is 1. The van der Waals surface area contributed by atoms with E-state index >= 15 is 0 Å². The van der Waals surface area contributed by atoms with Crippen LogP contribution in [0.25, 0.3) is 6.08 Å². The highest BCUT2D eigenvalue weighted by atomic mass is 19.3. The van der Waals surface area contributed by atoms with Gasteiger partial charge in [0, 0.05) is 30.6 Å². The SMILES string of the molecule is COc1cccc(/C=C/C(=O)N2CCC(C3OCCO3)CC2)c1OC(F)F. The summed E-state index contributed by atoms with van der Waals surface area (Å²) in [5.74, 6) is 0.216. The first-order valence-corrected chi connectivity index (χ1v) is 8.90. The number of alkyl halides is 2. The minimum Gasteiger partial charge on any atom is -0.493 e. The molecule has 0 N–H and O–H groups in total. The number of benzene rings is 1. The predicted molar refractivity (Wildman–Crippen MR) is 93.7 cm³/mol. The molecule has 3 rings (SSSR count). The summed E-state index contributed by atoms with van der Waals surface area (Å²) < 4.78 is 46.0. The molecule has 8 heteroatoms. The van der Waals surface area contributed by atoms with Crippen molar-refractivity contribution in [2.75, 3.05) is 33.4 Å². The Bertz CT molecular complexity index is 668. The standard InChI is InChI=1S/C19H23F2NO5/c1-24-15-4-2-3-13(17(15)27-19(20)21)5-6-16(23)22-9-7-14(8-10-22)18-25-11-12-26-18/h2-6,14,18-19H,7-12H2,1H3/b6-5+. The van der Waals surface area contributed by atoms with Crippen LogP contribution in [0.2, 0.25) is 0 Å². The van der Waals surface area contributed by atoms with Gasteiger partial charge >= 0.3 is 6.61 Å². The molecule has 27 heavy (non-hydrogen) atoms. The van der Waals surface area contributed by atoms with Crippen LogP contribution in [0.5, 0.6) is 11.5 Å². The molecule has 6 nitrogen and oxygen atoms in total. The molecule has 0 atom stereocenters. The summed E-state index contributed by atoms with van der Waals surface area (Å²) in [6.07, 6.45) is 4.30. The zero-order valence-corrected chi connectivity index (χ0v) is 15.1. The zero-order chi connectivity index (χ0) is 19.2. The minimum atomic E-state index is -2.98. The van der Waals surface area contributed by atoms with Crippen LogP contribution in [0.3, 0.4) is 0 Å². The van der Waals surface area contributed by atoms with E-state index in [0.717, 1.165) is 12.8 Å². The van der Waals surface area contributed by atoms with Crippen molar-refractivity contribution in [2.24, 2.45) is 5.92 Å². The largest absolute Gasteiger partial charge is 0.493 e. The summed E-state index contributed by atoms with van der Waals surface area (Å²) >= 11 is 0. The average Bonchev–Trinajstić information content (AvgIpc) is 3.21. The van der Waals surface area contributed by atoms with Crippen LogP contribution in [0.1, 0.15) is 18.4 Å². The molecule has 2 aliphatic heterocycles. The fourth-order valence-electron chi connectivity index (χ4n) is 3.35. The van der Waals surface area contributed by atoms with Gasteiger partial charge in [-0.2, -0.15) is 8.78 Å². The van der Waals surface area contributed by atoms with Crippen LogP contribution in [0.4, 0.5) is 8.78 Å². The van der Waals surface area contributed by atoms with Gasteiger partial charge < -0.3 is 23.8 Å². The second-order valence-corrected chi connectivity index (χ2v) is 6.36. The van der Waals surface area contributed by atoms with E-state index in [1.54, 1.807) is 17.0 Å². The normalized spacial score (nSPS) is 19.2. The van der Waals surface area contributed by atoms with Crippen molar-refractivity contribution in [3.63, 3.8) is 0 Å². The molecule has 0 saturated carbocycles. The summed E-state index contributed by atoms with van der Waals surface area (Å²) in [5.41, 5.74) is 0.352. The van der Waals surface area contributed by atoms with Gasteiger partial charge in [-0.1, -0.05) is 12.1 Å². The molecule has 2 heterocycles. The van der Waals surface area contributed by atoms with E-state index in [9.17, 15) is 13.6 Å². The van der Waals surface area contributed by atoms with E-state index in [0.29, 0.717) is 37.8 Å². The van der Waals surface area contributed by atoms with Crippen LogP contribution < -0.4 is 9.47 Å². The van der Waals surface area contributed by atoms with Crippen LogP contribution in [0.15, 0.2) is 24.3 Å². The highest BCUT2D eigenvalue weighted by molar-refractivity contribution is 5.92. The molecule has 0 aromatic heterocycles. The molecule has 0 spiro atoms. The number of piperidine rings is 1. The van der Waals surface area contributed by atoms with Crippen molar-refractivity contribution in [1.29, 1.82) is 0 Å². The molecule has 0 unspecified atom stereocenters. The Kier molecular flexibility index (Phi) is 6.63. The van der Waals surface area contributed by atoms with Crippen LogP contribution in [-0.2, 0) is 14.3 Å². The molecule has 1 aromatic rings. The first-order chi connectivity index (χ1) is 13.1. The lowest BCUT2D eigenvalue weighted by Gasteiger charge is -2.33. The van der Waals surface area contributed by atoms with Crippen molar-refractivity contribution in [1.82, 2.24) is 4.90 Å². The summed E-state index contributed by atoms with van der Waals surface area (Å²) in [6.45, 7) is -0.527. The minimum absolute atomic E-state index is 0.0895. The van der Waals surface area contributed by atoms with Gasteiger partial charge in [0.25, 0.3) is 0 Å². The van der Waals surface area contributed by atoms with Crippen molar-refractivity contribution >= 4 is 12.0 Å². The van der Waals surface area contributed by atoms with Gasteiger partial charge in [-0.05, 0) is 25.0 Å². The van der Waals surface area contributed by atoms with Gasteiger partial charge in [0.05, 0.1) is 20.3 Å². The van der Waals surface area contributed by atoms with Gasteiger partial charge in [-0.15, -0.1) is 0 Å². The number of nitrogens with zero attached hydrogens (tertiary/aromatic N) is 1. The van der Waals surface area contributed by atoms with Crippen LogP contribution in [0, 0.1) is 5.92 Å². The van der Waals surface area contributed by atoms with Crippen molar-refractivity contribution in [2.45, 2.75) is 25.7 Å². The molecule has 2 aliphatic rings. The fraction of sp³-hybridized carbons (Fsp3) is 0.526. The van der Waals surface area contributed by atoms with Crippen LogP contribution in [-0.4, -0.2) is 57.1 Å². The molecule has 2 saturated heterocycles. The Morgan fingerprint density at radius 2 is 1.96 bits per heavy atom. The highest BCUT2D eigenvalue weighted by Gasteiger charge is 2.31. The fourth-order valence-corrected chi connectivity index (χ4v) is 3.35. The first-order valence-electron chi connectivity index (χ1n) is 8.90. The van der Waals surface area contributed by atoms with E-state index in [2.05, 4.69) is 4.74 Å². The molecule has 1 aromatic carbocycles. The Morgan fingerprint density at radius 3 is 2.59 bits per heavy atom. The quantitative estimate of drug-likeness (QED) is 0.707. The molecular formula is C19H23F2NO5. The number of likely N-dealkylation sites (tertiary alicyclic amines) is 1. The lowest BCUT2D eigenvalue weighted by Crippen LogP contribution is -2.40. The molecular weight excluding hydrogens is 360 g/mol. The van der Waals surface area contributed by atoms with Gasteiger partial charge in [0.2, 0.25) is 5.91 Å². The Morgan fingerprint density at radius 1 is 1.26 bits per heavy atom. The van der Waals surface area contributed by atoms with E-state index in [1.807, 2.05) is 0 Å². The zero-order valence-electron chi connectivity index (χ0n) is 15.1. The first kappa shape index (κ1) is 19.6. The van der Waals surface area contributed by atoms with Gasteiger partial charge in [0.15, 0.2) is 17.8 Å². The second kappa shape index (κ2) is 9.14. The van der Waals surface area contributed by atoms with E-state index in [4.69, 9.17) is 14.2 Å². The maximum atomic E-state index is 12.7. The van der Waals surface area contributed by atoms with Gasteiger partial charge in [0.1, 0.15) is 0 Å². The van der Waals surface area contributed by atoms with E-state index < -0.39 is 6.61 Å². The molecule has 0 bridgehead atoms. The lowest BCUT2D eigenvalue weighted by atomic mass is 9.96. The molecule has 0 radical (unpaired) electrons. The number of hydrogen-bond acceptors (Lipinski definition) is 5. The number of rotatable bonds is 6. The van der Waals surface area contributed by atoms with Crippen molar-refractivity contribution in [3.8, 4) is 11.5 Å². The third-order valence-electron chi connectivity index (χ3n) is 4.73. The van der Waals surface area contributed by atoms with Gasteiger partial charge in [-0.25, -0.2) is 0 Å². The average molecular weight is 383 g/mol.